The average Bonchev–Trinajstić information content (AvgIpc) is 2.65. The molecule has 0 spiro atoms. The number of amides is 2. The number of benzene rings is 1. The number of rotatable bonds is 4. The molecule has 5 nitrogen and oxygen atoms in total. The van der Waals surface area contributed by atoms with Crippen molar-refractivity contribution in [2.75, 3.05) is 26.7 Å². The molecule has 2 fully saturated rings. The summed E-state index contributed by atoms with van der Waals surface area (Å²) in [6.07, 6.45) is 3.14. The standard InChI is InChI=1S/C19H25ClN2O3/c1-25-17-8-10-21(11-9-17)19(24)15-4-7-18(23)22(13-15)12-14-2-5-16(20)6-3-14/h2-3,5-6,15,17H,4,7-13H2,1H3/t15-/m1/s1. The highest BCUT2D eigenvalue weighted by molar-refractivity contribution is 6.30. The maximum atomic E-state index is 12.8. The highest BCUT2D eigenvalue weighted by Gasteiger charge is 2.34. The molecule has 2 heterocycles. The van der Waals surface area contributed by atoms with Gasteiger partial charge in [0.05, 0.1) is 12.0 Å². The lowest BCUT2D eigenvalue weighted by atomic mass is 9.94. The lowest BCUT2D eigenvalue weighted by Crippen LogP contribution is -2.49. The van der Waals surface area contributed by atoms with Crippen LogP contribution in [0.3, 0.4) is 0 Å². The lowest BCUT2D eigenvalue weighted by Gasteiger charge is -2.37. The van der Waals surface area contributed by atoms with E-state index in [0.29, 0.717) is 31.0 Å². The number of methoxy groups -OCH3 is 1. The van der Waals surface area contributed by atoms with Gasteiger partial charge >= 0.3 is 0 Å². The van der Waals surface area contributed by atoms with Gasteiger partial charge in [-0.25, -0.2) is 0 Å². The van der Waals surface area contributed by atoms with Gasteiger partial charge in [-0.15, -0.1) is 0 Å². The van der Waals surface area contributed by atoms with Crippen LogP contribution in [-0.4, -0.2) is 54.5 Å². The number of likely N-dealkylation sites (tertiary alicyclic amines) is 2. The summed E-state index contributed by atoms with van der Waals surface area (Å²) in [4.78, 5) is 28.8. The van der Waals surface area contributed by atoms with Crippen LogP contribution in [0, 0.1) is 5.92 Å². The number of piperidine rings is 2. The zero-order valence-corrected chi connectivity index (χ0v) is 15.4. The van der Waals surface area contributed by atoms with E-state index in [1.165, 1.54) is 0 Å². The molecule has 136 valence electrons. The third kappa shape index (κ3) is 4.53. The van der Waals surface area contributed by atoms with E-state index in [0.717, 1.165) is 31.5 Å². The SMILES string of the molecule is COC1CCN(C(=O)[C@@H]2CCC(=O)N(Cc3ccc(Cl)cc3)C2)CC1. The van der Waals surface area contributed by atoms with Crippen LogP contribution >= 0.6 is 11.6 Å². The highest BCUT2D eigenvalue weighted by Crippen LogP contribution is 2.24. The quantitative estimate of drug-likeness (QED) is 0.825. The first kappa shape index (κ1) is 18.2. The molecule has 6 heteroatoms. The summed E-state index contributed by atoms with van der Waals surface area (Å²) in [5, 5.41) is 0.682. The minimum atomic E-state index is -0.0934. The van der Waals surface area contributed by atoms with Crippen LogP contribution in [0.1, 0.15) is 31.2 Å². The van der Waals surface area contributed by atoms with E-state index in [2.05, 4.69) is 0 Å². The van der Waals surface area contributed by atoms with Crippen molar-refractivity contribution in [2.24, 2.45) is 5.92 Å². The molecule has 0 unspecified atom stereocenters. The Hall–Kier alpha value is -1.59. The van der Waals surface area contributed by atoms with Gasteiger partial charge < -0.3 is 14.5 Å². The zero-order chi connectivity index (χ0) is 17.8. The van der Waals surface area contributed by atoms with Gasteiger partial charge in [0.15, 0.2) is 0 Å². The highest BCUT2D eigenvalue weighted by atomic mass is 35.5. The van der Waals surface area contributed by atoms with Crippen molar-refractivity contribution >= 4 is 23.4 Å². The van der Waals surface area contributed by atoms with Gasteiger partial charge in [-0.1, -0.05) is 23.7 Å². The Bertz CT molecular complexity index is 612. The molecule has 2 amide bonds. The van der Waals surface area contributed by atoms with Crippen LogP contribution in [-0.2, 0) is 20.9 Å². The van der Waals surface area contributed by atoms with Crippen LogP contribution in [0.5, 0.6) is 0 Å². The number of nitrogens with zero attached hydrogens (tertiary/aromatic N) is 2. The lowest BCUT2D eigenvalue weighted by molar-refractivity contribution is -0.145. The summed E-state index contributed by atoms with van der Waals surface area (Å²) in [6.45, 7) is 2.54. The maximum absolute atomic E-state index is 12.8. The maximum Gasteiger partial charge on any atom is 0.227 e. The van der Waals surface area contributed by atoms with Crippen LogP contribution < -0.4 is 0 Å². The van der Waals surface area contributed by atoms with Crippen molar-refractivity contribution in [1.82, 2.24) is 9.80 Å². The smallest absolute Gasteiger partial charge is 0.227 e. The molecule has 2 saturated heterocycles. The minimum absolute atomic E-state index is 0.0934. The number of hydrogen-bond donors (Lipinski definition) is 0. The summed E-state index contributed by atoms with van der Waals surface area (Å²) in [5.74, 6) is 0.212. The third-order valence-corrected chi connectivity index (χ3v) is 5.48. The van der Waals surface area contributed by atoms with Crippen LogP contribution in [0.4, 0.5) is 0 Å². The first-order valence-corrected chi connectivity index (χ1v) is 9.28. The molecule has 0 N–H and O–H groups in total. The molecule has 0 bridgehead atoms. The van der Waals surface area contributed by atoms with E-state index in [-0.39, 0.29) is 23.8 Å². The molecular formula is C19H25ClN2O3. The molecule has 2 aliphatic heterocycles. The summed E-state index contributed by atoms with van der Waals surface area (Å²) < 4.78 is 5.37. The molecule has 3 rings (SSSR count). The Morgan fingerprint density at radius 1 is 1.20 bits per heavy atom. The van der Waals surface area contributed by atoms with E-state index in [9.17, 15) is 9.59 Å². The fourth-order valence-corrected chi connectivity index (χ4v) is 3.78. The number of carbonyl (C=O) groups is 2. The van der Waals surface area contributed by atoms with Crippen LogP contribution in [0.25, 0.3) is 0 Å². The number of halogens is 1. The normalized spacial score (nSPS) is 22.3. The van der Waals surface area contributed by atoms with Gasteiger partial charge in [-0.2, -0.15) is 0 Å². The van der Waals surface area contributed by atoms with Crippen molar-refractivity contribution < 1.29 is 14.3 Å². The van der Waals surface area contributed by atoms with Gasteiger partial charge in [0, 0.05) is 44.7 Å². The van der Waals surface area contributed by atoms with Gasteiger partial charge in [-0.05, 0) is 37.0 Å². The number of hydrogen-bond acceptors (Lipinski definition) is 3. The topological polar surface area (TPSA) is 49.9 Å². The Morgan fingerprint density at radius 3 is 2.52 bits per heavy atom. The molecule has 2 aliphatic rings. The number of carbonyl (C=O) groups excluding carboxylic acids is 2. The van der Waals surface area contributed by atoms with E-state index in [4.69, 9.17) is 16.3 Å². The molecular weight excluding hydrogens is 340 g/mol. The predicted octanol–water partition coefficient (Wildman–Crippen LogP) is 2.72. The first-order valence-electron chi connectivity index (χ1n) is 8.90. The Kier molecular flexibility index (Phi) is 5.97. The van der Waals surface area contributed by atoms with Crippen LogP contribution in [0.2, 0.25) is 5.02 Å². The molecule has 1 aromatic rings. The van der Waals surface area contributed by atoms with Gasteiger partial charge in [0.1, 0.15) is 0 Å². The minimum Gasteiger partial charge on any atom is -0.381 e. The van der Waals surface area contributed by atoms with Gasteiger partial charge in [0.25, 0.3) is 0 Å². The van der Waals surface area contributed by atoms with Gasteiger partial charge in [-0.3, -0.25) is 9.59 Å². The van der Waals surface area contributed by atoms with E-state index in [1.54, 1.807) is 12.0 Å². The summed E-state index contributed by atoms with van der Waals surface area (Å²) >= 11 is 5.91. The summed E-state index contributed by atoms with van der Waals surface area (Å²) in [5.41, 5.74) is 1.03. The second kappa shape index (κ2) is 8.19. The van der Waals surface area contributed by atoms with Crippen LogP contribution in [0.15, 0.2) is 24.3 Å². The van der Waals surface area contributed by atoms with E-state index < -0.39 is 0 Å². The van der Waals surface area contributed by atoms with E-state index >= 15 is 0 Å². The molecule has 25 heavy (non-hydrogen) atoms. The molecule has 1 atom stereocenters. The van der Waals surface area contributed by atoms with Crippen molar-refractivity contribution in [3.05, 3.63) is 34.9 Å². The summed E-state index contributed by atoms with van der Waals surface area (Å²) in [6, 6.07) is 7.51. The first-order chi connectivity index (χ1) is 12.1. The fraction of sp³-hybridized carbons (Fsp3) is 0.579. The Morgan fingerprint density at radius 2 is 1.88 bits per heavy atom. The molecule has 0 radical (unpaired) electrons. The second-order valence-electron chi connectivity index (χ2n) is 6.90. The van der Waals surface area contributed by atoms with Crippen molar-refractivity contribution in [3.63, 3.8) is 0 Å². The largest absolute Gasteiger partial charge is 0.381 e. The molecule has 1 aromatic carbocycles. The van der Waals surface area contributed by atoms with Crippen molar-refractivity contribution in [3.8, 4) is 0 Å². The van der Waals surface area contributed by atoms with Gasteiger partial charge in [0.2, 0.25) is 11.8 Å². The fourth-order valence-electron chi connectivity index (χ4n) is 3.65. The monoisotopic (exact) mass is 364 g/mol. The predicted molar refractivity (Wildman–Crippen MR) is 96.2 cm³/mol. The van der Waals surface area contributed by atoms with E-state index in [1.807, 2.05) is 29.2 Å². The number of ether oxygens (including phenoxy) is 1. The average molecular weight is 365 g/mol. The summed E-state index contributed by atoms with van der Waals surface area (Å²) in [7, 11) is 1.73. The zero-order valence-electron chi connectivity index (χ0n) is 14.6. The molecule has 0 saturated carbocycles. The third-order valence-electron chi connectivity index (χ3n) is 5.22. The molecule has 0 aromatic heterocycles. The van der Waals surface area contributed by atoms with Crippen molar-refractivity contribution in [2.45, 2.75) is 38.3 Å². The van der Waals surface area contributed by atoms with Crippen molar-refractivity contribution in [1.29, 1.82) is 0 Å². The second-order valence-corrected chi connectivity index (χ2v) is 7.33. The Balaban J connectivity index is 1.59. The molecule has 0 aliphatic carbocycles. The Labute approximate surface area is 153 Å².